The van der Waals surface area contributed by atoms with Crippen LogP contribution in [0.1, 0.15) is 24.0 Å². The fourth-order valence-corrected chi connectivity index (χ4v) is 3.07. The number of piperidine rings is 1. The van der Waals surface area contributed by atoms with Crippen molar-refractivity contribution in [3.8, 4) is 0 Å². The average molecular weight is 334 g/mol. The smallest absolute Gasteiger partial charge is 0.382 e. The molecule has 128 valence electrons. The zero-order chi connectivity index (χ0) is 17.0. The maximum atomic E-state index is 12.6. The third kappa shape index (κ3) is 4.51. The van der Waals surface area contributed by atoms with Gasteiger partial charge in [0.2, 0.25) is 0 Å². The minimum absolute atomic E-state index is 0.314. The summed E-state index contributed by atoms with van der Waals surface area (Å²) in [5, 5.41) is 3.35. The SMILES string of the molecule is FC(F)(F)c1ccc(NC2CCN(Cc3ccccc3)CC2)cc1. The second-order valence-electron chi connectivity index (χ2n) is 6.26. The number of alkyl halides is 3. The highest BCUT2D eigenvalue weighted by Crippen LogP contribution is 2.30. The van der Waals surface area contributed by atoms with Crippen molar-refractivity contribution >= 4 is 5.69 Å². The van der Waals surface area contributed by atoms with Gasteiger partial charge in [-0.1, -0.05) is 30.3 Å². The molecule has 2 aromatic carbocycles. The first-order chi connectivity index (χ1) is 11.5. The number of likely N-dealkylation sites (tertiary alicyclic amines) is 1. The molecule has 1 saturated heterocycles. The highest BCUT2D eigenvalue weighted by atomic mass is 19.4. The van der Waals surface area contributed by atoms with E-state index in [2.05, 4.69) is 22.3 Å². The monoisotopic (exact) mass is 334 g/mol. The van der Waals surface area contributed by atoms with E-state index in [4.69, 9.17) is 0 Å². The molecule has 24 heavy (non-hydrogen) atoms. The van der Waals surface area contributed by atoms with E-state index in [1.165, 1.54) is 17.7 Å². The number of rotatable bonds is 4. The minimum Gasteiger partial charge on any atom is -0.382 e. The van der Waals surface area contributed by atoms with Crippen molar-refractivity contribution in [2.45, 2.75) is 31.6 Å². The van der Waals surface area contributed by atoms with Crippen molar-refractivity contribution in [1.29, 1.82) is 0 Å². The molecule has 0 bridgehead atoms. The predicted octanol–water partition coefficient (Wildman–Crippen LogP) is 4.78. The summed E-state index contributed by atoms with van der Waals surface area (Å²) in [6.07, 6.45) is -2.29. The van der Waals surface area contributed by atoms with Crippen LogP contribution in [0.3, 0.4) is 0 Å². The van der Waals surface area contributed by atoms with E-state index in [0.717, 1.165) is 50.3 Å². The maximum absolute atomic E-state index is 12.6. The van der Waals surface area contributed by atoms with Gasteiger partial charge in [0.15, 0.2) is 0 Å². The first-order valence-corrected chi connectivity index (χ1v) is 8.21. The van der Waals surface area contributed by atoms with Crippen LogP contribution in [-0.2, 0) is 12.7 Å². The zero-order valence-electron chi connectivity index (χ0n) is 13.4. The summed E-state index contributed by atoms with van der Waals surface area (Å²) in [4.78, 5) is 2.42. The summed E-state index contributed by atoms with van der Waals surface area (Å²) in [5.41, 5.74) is 1.46. The fourth-order valence-electron chi connectivity index (χ4n) is 3.07. The molecule has 3 rings (SSSR count). The number of hydrogen-bond acceptors (Lipinski definition) is 2. The van der Waals surface area contributed by atoms with Crippen molar-refractivity contribution in [3.05, 3.63) is 65.7 Å². The van der Waals surface area contributed by atoms with Crippen LogP contribution in [0.2, 0.25) is 0 Å². The Labute approximate surface area is 140 Å². The number of nitrogens with zero attached hydrogens (tertiary/aromatic N) is 1. The Kier molecular flexibility index (Phi) is 5.09. The number of halogens is 3. The molecule has 0 saturated carbocycles. The third-order valence-electron chi connectivity index (χ3n) is 4.42. The van der Waals surface area contributed by atoms with Crippen LogP contribution in [0, 0.1) is 0 Å². The lowest BCUT2D eigenvalue weighted by atomic mass is 10.0. The van der Waals surface area contributed by atoms with E-state index in [9.17, 15) is 13.2 Å². The van der Waals surface area contributed by atoms with Gasteiger partial charge < -0.3 is 5.32 Å². The average Bonchev–Trinajstić information content (AvgIpc) is 2.57. The molecule has 1 aliphatic heterocycles. The standard InChI is InChI=1S/C19H21F3N2/c20-19(21,22)16-6-8-17(9-7-16)23-18-10-12-24(13-11-18)14-15-4-2-1-3-5-15/h1-9,18,23H,10-14H2. The minimum atomic E-state index is -4.28. The van der Waals surface area contributed by atoms with Crippen LogP contribution < -0.4 is 5.32 Å². The summed E-state index contributed by atoms with van der Waals surface area (Å²) in [7, 11) is 0. The van der Waals surface area contributed by atoms with Gasteiger partial charge in [0.1, 0.15) is 0 Å². The highest BCUT2D eigenvalue weighted by molar-refractivity contribution is 5.46. The van der Waals surface area contributed by atoms with Crippen molar-refractivity contribution in [1.82, 2.24) is 4.90 Å². The van der Waals surface area contributed by atoms with Crippen LogP contribution in [0.5, 0.6) is 0 Å². The largest absolute Gasteiger partial charge is 0.416 e. The number of anilines is 1. The van der Waals surface area contributed by atoms with E-state index in [0.29, 0.717) is 6.04 Å². The summed E-state index contributed by atoms with van der Waals surface area (Å²) in [5.74, 6) is 0. The molecule has 1 heterocycles. The van der Waals surface area contributed by atoms with Crippen LogP contribution in [0.15, 0.2) is 54.6 Å². The van der Waals surface area contributed by atoms with E-state index >= 15 is 0 Å². The number of hydrogen-bond donors (Lipinski definition) is 1. The number of benzene rings is 2. The van der Waals surface area contributed by atoms with Crippen LogP contribution >= 0.6 is 0 Å². The molecular weight excluding hydrogens is 313 g/mol. The van der Waals surface area contributed by atoms with E-state index in [1.54, 1.807) is 0 Å². The molecule has 0 atom stereocenters. The lowest BCUT2D eigenvalue weighted by Crippen LogP contribution is -2.38. The Morgan fingerprint density at radius 2 is 1.54 bits per heavy atom. The van der Waals surface area contributed by atoms with Crippen molar-refractivity contribution < 1.29 is 13.2 Å². The highest BCUT2D eigenvalue weighted by Gasteiger charge is 2.30. The molecule has 1 N–H and O–H groups in total. The molecule has 0 amide bonds. The Balaban J connectivity index is 1.48. The van der Waals surface area contributed by atoms with E-state index in [1.807, 2.05) is 18.2 Å². The Hall–Kier alpha value is -2.01. The van der Waals surface area contributed by atoms with Gasteiger partial charge in [0, 0.05) is 31.4 Å². The normalized spacial score (nSPS) is 17.0. The molecule has 0 aliphatic carbocycles. The molecule has 0 aromatic heterocycles. The van der Waals surface area contributed by atoms with Gasteiger partial charge in [-0.2, -0.15) is 13.2 Å². The first kappa shape index (κ1) is 16.8. The first-order valence-electron chi connectivity index (χ1n) is 8.21. The van der Waals surface area contributed by atoms with E-state index in [-0.39, 0.29) is 0 Å². The predicted molar refractivity (Wildman–Crippen MR) is 89.8 cm³/mol. The summed E-state index contributed by atoms with van der Waals surface area (Å²) < 4.78 is 37.7. The topological polar surface area (TPSA) is 15.3 Å². The molecule has 1 fully saturated rings. The molecule has 0 unspecified atom stereocenters. The van der Waals surface area contributed by atoms with Gasteiger partial charge in [-0.05, 0) is 42.7 Å². The Morgan fingerprint density at radius 3 is 2.12 bits per heavy atom. The molecule has 2 aromatic rings. The third-order valence-corrected chi connectivity index (χ3v) is 4.42. The van der Waals surface area contributed by atoms with Gasteiger partial charge in [-0.25, -0.2) is 0 Å². The van der Waals surface area contributed by atoms with Crippen molar-refractivity contribution in [2.24, 2.45) is 0 Å². The molecule has 0 spiro atoms. The maximum Gasteiger partial charge on any atom is 0.416 e. The molecule has 1 aliphatic rings. The van der Waals surface area contributed by atoms with Gasteiger partial charge >= 0.3 is 6.18 Å². The molecule has 5 heteroatoms. The quantitative estimate of drug-likeness (QED) is 0.865. The number of nitrogens with one attached hydrogen (secondary N) is 1. The molecule has 2 nitrogen and oxygen atoms in total. The Bertz CT molecular complexity index is 630. The van der Waals surface area contributed by atoms with Crippen LogP contribution in [-0.4, -0.2) is 24.0 Å². The van der Waals surface area contributed by atoms with Crippen LogP contribution in [0.4, 0.5) is 18.9 Å². The van der Waals surface area contributed by atoms with Crippen molar-refractivity contribution in [3.63, 3.8) is 0 Å². The van der Waals surface area contributed by atoms with Gasteiger partial charge in [-0.3, -0.25) is 4.90 Å². The van der Waals surface area contributed by atoms with Crippen LogP contribution in [0.25, 0.3) is 0 Å². The fraction of sp³-hybridized carbons (Fsp3) is 0.368. The molecule has 0 radical (unpaired) electrons. The zero-order valence-corrected chi connectivity index (χ0v) is 13.4. The lowest BCUT2D eigenvalue weighted by molar-refractivity contribution is -0.137. The summed E-state index contributed by atoms with van der Waals surface area (Å²) >= 11 is 0. The lowest BCUT2D eigenvalue weighted by Gasteiger charge is -2.33. The van der Waals surface area contributed by atoms with Gasteiger partial charge in [0.05, 0.1) is 5.56 Å². The van der Waals surface area contributed by atoms with Crippen molar-refractivity contribution in [2.75, 3.05) is 18.4 Å². The summed E-state index contributed by atoms with van der Waals surface area (Å²) in [6, 6.07) is 16.0. The molecular formula is C19H21F3N2. The van der Waals surface area contributed by atoms with Gasteiger partial charge in [-0.15, -0.1) is 0 Å². The Morgan fingerprint density at radius 1 is 0.917 bits per heavy atom. The second-order valence-corrected chi connectivity index (χ2v) is 6.26. The van der Waals surface area contributed by atoms with Gasteiger partial charge in [0.25, 0.3) is 0 Å². The second kappa shape index (κ2) is 7.26. The summed E-state index contributed by atoms with van der Waals surface area (Å²) in [6.45, 7) is 2.94. The van der Waals surface area contributed by atoms with E-state index < -0.39 is 11.7 Å².